The van der Waals surface area contributed by atoms with Crippen LogP contribution in [0.5, 0.6) is 0 Å². The highest BCUT2D eigenvalue weighted by Crippen LogP contribution is 2.35. The van der Waals surface area contributed by atoms with Gasteiger partial charge in [-0.1, -0.05) is 19.1 Å². The molecule has 0 unspecified atom stereocenters. The third-order valence-electron chi connectivity index (χ3n) is 5.22. The Kier molecular flexibility index (Phi) is 4.21. The van der Waals surface area contributed by atoms with Crippen LogP contribution in [0.1, 0.15) is 30.9 Å². The van der Waals surface area contributed by atoms with Gasteiger partial charge in [0.15, 0.2) is 5.82 Å². The Labute approximate surface area is 152 Å². The van der Waals surface area contributed by atoms with Crippen LogP contribution in [0.2, 0.25) is 0 Å². The van der Waals surface area contributed by atoms with Gasteiger partial charge < -0.3 is 5.73 Å². The molecule has 1 saturated carbocycles. The van der Waals surface area contributed by atoms with Crippen molar-refractivity contribution in [2.75, 3.05) is 5.73 Å². The van der Waals surface area contributed by atoms with Crippen molar-refractivity contribution >= 4 is 28.7 Å². The van der Waals surface area contributed by atoms with Crippen LogP contribution < -0.4 is 10.5 Å². The van der Waals surface area contributed by atoms with E-state index in [1.165, 1.54) is 40.0 Å². The van der Waals surface area contributed by atoms with E-state index in [0.717, 1.165) is 16.8 Å². The molecule has 4 N–H and O–H groups in total. The fraction of sp³-hybridized carbons (Fsp3) is 0.350. The number of aryl methyl sites for hydroxylation is 2. The van der Waals surface area contributed by atoms with Crippen molar-refractivity contribution in [1.29, 1.82) is 0 Å². The van der Waals surface area contributed by atoms with Crippen LogP contribution in [-0.4, -0.2) is 16.2 Å². The molecule has 2 aromatic carbocycles. The van der Waals surface area contributed by atoms with Gasteiger partial charge in [-0.15, -0.1) is 0 Å². The van der Waals surface area contributed by atoms with Crippen LogP contribution in [0.15, 0.2) is 35.2 Å². The lowest BCUT2D eigenvalue weighted by atomic mass is 9.83. The van der Waals surface area contributed by atoms with Crippen LogP contribution in [0.25, 0.3) is 22.0 Å². The smallest absolute Gasteiger partial charge is 0.153 e. The van der Waals surface area contributed by atoms with Gasteiger partial charge in [0.25, 0.3) is 0 Å². The molecule has 4 nitrogen and oxygen atoms in total. The molecule has 1 aromatic heterocycles. The van der Waals surface area contributed by atoms with Gasteiger partial charge in [0.1, 0.15) is 0 Å². The van der Waals surface area contributed by atoms with E-state index in [2.05, 4.69) is 66.0 Å². The van der Waals surface area contributed by atoms with Crippen molar-refractivity contribution < 1.29 is 0 Å². The predicted octanol–water partition coefficient (Wildman–Crippen LogP) is 4.82. The molecule has 0 saturated heterocycles. The summed E-state index contributed by atoms with van der Waals surface area (Å²) in [6.07, 6.45) is 2.57. The van der Waals surface area contributed by atoms with Gasteiger partial charge in [0.05, 0.1) is 5.52 Å². The number of H-pyrrole nitrogens is 1. The normalized spacial score (nSPS) is 20.0. The first kappa shape index (κ1) is 16.5. The Morgan fingerprint density at radius 1 is 1.16 bits per heavy atom. The number of nitrogens with one attached hydrogen (secondary N) is 2. The number of rotatable bonds is 4. The number of anilines is 1. The average Bonchev–Trinajstić information content (AvgIpc) is 2.94. The maximum atomic E-state index is 6.03. The molecular formula is C20H24N4S. The van der Waals surface area contributed by atoms with Gasteiger partial charge >= 0.3 is 0 Å². The summed E-state index contributed by atoms with van der Waals surface area (Å²) in [5, 5.41) is 8.14. The first-order valence-electron chi connectivity index (χ1n) is 8.79. The first-order valence-corrected chi connectivity index (χ1v) is 9.61. The Bertz CT molecular complexity index is 925. The SMILES string of the molecule is Cc1cc(SNC2CC(C)C2)ccc1-c1ccc2[nH]nc(N)c2c1C. The Morgan fingerprint density at radius 3 is 2.64 bits per heavy atom. The Morgan fingerprint density at radius 2 is 1.92 bits per heavy atom. The van der Waals surface area contributed by atoms with E-state index in [1.807, 2.05) is 0 Å². The molecule has 0 atom stereocenters. The third kappa shape index (κ3) is 3.02. The number of aromatic amines is 1. The molecule has 1 aliphatic carbocycles. The third-order valence-corrected chi connectivity index (χ3v) is 6.16. The average molecular weight is 353 g/mol. The largest absolute Gasteiger partial charge is 0.382 e. The fourth-order valence-corrected chi connectivity index (χ4v) is 4.62. The van der Waals surface area contributed by atoms with E-state index in [4.69, 9.17) is 5.73 Å². The van der Waals surface area contributed by atoms with Crippen molar-refractivity contribution in [1.82, 2.24) is 14.9 Å². The van der Waals surface area contributed by atoms with Crippen LogP contribution in [0, 0.1) is 19.8 Å². The summed E-state index contributed by atoms with van der Waals surface area (Å²) in [5.41, 5.74) is 11.9. The minimum absolute atomic E-state index is 0.568. The molecule has 5 heteroatoms. The van der Waals surface area contributed by atoms with E-state index in [0.29, 0.717) is 11.9 Å². The number of nitrogens with zero attached hydrogens (tertiary/aromatic N) is 1. The summed E-state index contributed by atoms with van der Waals surface area (Å²) in [4.78, 5) is 1.27. The van der Waals surface area contributed by atoms with E-state index in [9.17, 15) is 0 Å². The van der Waals surface area contributed by atoms with Crippen LogP contribution >= 0.6 is 11.9 Å². The van der Waals surface area contributed by atoms with Gasteiger partial charge in [0, 0.05) is 16.3 Å². The van der Waals surface area contributed by atoms with Gasteiger partial charge in [-0.3, -0.25) is 9.82 Å². The summed E-state index contributed by atoms with van der Waals surface area (Å²) >= 11 is 1.75. The molecule has 130 valence electrons. The Balaban J connectivity index is 1.60. The lowest BCUT2D eigenvalue weighted by Crippen LogP contribution is -2.36. The van der Waals surface area contributed by atoms with Crippen molar-refractivity contribution in [3.05, 3.63) is 41.5 Å². The van der Waals surface area contributed by atoms with Gasteiger partial charge in [-0.25, -0.2) is 0 Å². The molecule has 25 heavy (non-hydrogen) atoms. The second-order valence-corrected chi connectivity index (χ2v) is 8.15. The lowest BCUT2D eigenvalue weighted by molar-refractivity contribution is 0.275. The summed E-state index contributed by atoms with van der Waals surface area (Å²) < 4.78 is 3.58. The topological polar surface area (TPSA) is 66.7 Å². The maximum absolute atomic E-state index is 6.03. The number of hydrogen-bond donors (Lipinski definition) is 3. The molecule has 0 spiro atoms. The highest BCUT2D eigenvalue weighted by molar-refractivity contribution is 7.97. The van der Waals surface area contributed by atoms with Gasteiger partial charge in [0.2, 0.25) is 0 Å². The molecule has 3 aromatic rings. The fourth-order valence-electron chi connectivity index (χ4n) is 3.75. The minimum atomic E-state index is 0.568. The van der Waals surface area contributed by atoms with E-state index >= 15 is 0 Å². The van der Waals surface area contributed by atoms with E-state index in [1.54, 1.807) is 11.9 Å². The molecule has 1 aliphatic rings. The van der Waals surface area contributed by atoms with Gasteiger partial charge in [-0.05, 0) is 85.0 Å². The summed E-state index contributed by atoms with van der Waals surface area (Å²) in [7, 11) is 0. The van der Waals surface area contributed by atoms with Crippen molar-refractivity contribution in [3.63, 3.8) is 0 Å². The molecule has 0 aliphatic heterocycles. The zero-order valence-electron chi connectivity index (χ0n) is 14.9. The number of nitrogen functional groups attached to an aromatic ring is 1. The predicted molar refractivity (Wildman–Crippen MR) is 107 cm³/mol. The molecule has 0 bridgehead atoms. The van der Waals surface area contributed by atoms with Crippen LogP contribution in [0.4, 0.5) is 5.82 Å². The minimum Gasteiger partial charge on any atom is -0.382 e. The van der Waals surface area contributed by atoms with Crippen LogP contribution in [0.3, 0.4) is 0 Å². The van der Waals surface area contributed by atoms with Gasteiger partial charge in [-0.2, -0.15) is 5.10 Å². The van der Waals surface area contributed by atoms with Crippen molar-refractivity contribution in [2.45, 2.75) is 44.6 Å². The first-order chi connectivity index (χ1) is 12.0. The molecule has 1 fully saturated rings. The highest BCUT2D eigenvalue weighted by atomic mass is 32.2. The second-order valence-electron chi connectivity index (χ2n) is 7.24. The monoisotopic (exact) mass is 352 g/mol. The summed E-state index contributed by atoms with van der Waals surface area (Å²) in [5.74, 6) is 1.44. The number of aromatic nitrogens is 2. The number of fused-ring (bicyclic) bond motifs is 1. The zero-order chi connectivity index (χ0) is 17.6. The van der Waals surface area contributed by atoms with E-state index < -0.39 is 0 Å². The number of benzene rings is 2. The molecule has 0 radical (unpaired) electrons. The highest BCUT2D eigenvalue weighted by Gasteiger charge is 2.24. The van der Waals surface area contributed by atoms with E-state index in [-0.39, 0.29) is 0 Å². The Hall–Kier alpha value is -1.98. The summed E-state index contributed by atoms with van der Waals surface area (Å²) in [6, 6.07) is 11.5. The number of hydrogen-bond acceptors (Lipinski definition) is 4. The zero-order valence-corrected chi connectivity index (χ0v) is 15.7. The summed E-state index contributed by atoms with van der Waals surface area (Å²) in [6.45, 7) is 6.60. The quantitative estimate of drug-likeness (QED) is 0.589. The maximum Gasteiger partial charge on any atom is 0.153 e. The second kappa shape index (κ2) is 6.39. The molecule has 1 heterocycles. The van der Waals surface area contributed by atoms with Crippen molar-refractivity contribution in [2.24, 2.45) is 5.92 Å². The molecule has 4 rings (SSSR count). The molecule has 0 amide bonds. The molecular weight excluding hydrogens is 328 g/mol. The standard InChI is InChI=1S/C20H24N4S/c1-11-8-14(9-11)24-25-15-4-5-16(12(2)10-15)17-6-7-18-19(13(17)3)20(21)23-22-18/h4-7,10-11,14,24H,8-9H2,1-3H3,(H3,21,22,23). The van der Waals surface area contributed by atoms with Crippen molar-refractivity contribution in [3.8, 4) is 11.1 Å². The lowest BCUT2D eigenvalue weighted by Gasteiger charge is -2.32. The van der Waals surface area contributed by atoms with Crippen LogP contribution in [-0.2, 0) is 0 Å². The number of nitrogens with two attached hydrogens (primary N) is 1.